The highest BCUT2D eigenvalue weighted by molar-refractivity contribution is 7.19. The van der Waals surface area contributed by atoms with Crippen LogP contribution >= 0.6 is 0 Å². The fraction of sp³-hybridized carbons (Fsp3) is 0. The number of benzene rings is 6. The summed E-state index contributed by atoms with van der Waals surface area (Å²) in [6.45, 7) is 0. The van der Waals surface area contributed by atoms with Crippen LogP contribution in [-0.4, -0.2) is 12.6 Å². The van der Waals surface area contributed by atoms with Crippen molar-refractivity contribution >= 4 is 50.6 Å². The summed E-state index contributed by atoms with van der Waals surface area (Å²) in [4.78, 5) is 0. The van der Waals surface area contributed by atoms with Crippen molar-refractivity contribution in [1.82, 2.24) is 4.57 Å². The average molecular weight is 527 g/mol. The van der Waals surface area contributed by atoms with Gasteiger partial charge in [0.25, 0.3) is 0 Å². The molecule has 0 saturated heterocycles. The first-order valence-corrected chi connectivity index (χ1v) is 15.5. The van der Waals surface area contributed by atoms with Gasteiger partial charge in [-0.15, -0.1) is 0 Å². The summed E-state index contributed by atoms with van der Waals surface area (Å²) in [5, 5.41) is 17.2. The molecule has 7 aromatic rings. The molecule has 0 unspecified atom stereocenters. The highest BCUT2D eigenvalue weighted by Crippen LogP contribution is 2.31. The first-order chi connectivity index (χ1) is 19.8. The topological polar surface area (TPSA) is 28.7 Å². The van der Waals surface area contributed by atoms with Crippen LogP contribution in [0.15, 0.2) is 158 Å². The van der Waals surface area contributed by atoms with Crippen LogP contribution in [0.3, 0.4) is 0 Å². The van der Waals surface area contributed by atoms with E-state index in [1.807, 2.05) is 12.1 Å². The lowest BCUT2D eigenvalue weighted by molar-refractivity contribution is 1.18. The van der Waals surface area contributed by atoms with E-state index in [9.17, 15) is 5.26 Å². The molecule has 0 atom stereocenters. The summed E-state index contributed by atoms with van der Waals surface area (Å²) in [6, 6.07) is 58.7. The minimum absolute atomic E-state index is 0.675. The molecule has 0 aliphatic heterocycles. The van der Waals surface area contributed by atoms with Crippen molar-refractivity contribution in [3.8, 4) is 11.8 Å². The number of nitriles is 1. The number of hydrogen-bond acceptors (Lipinski definition) is 1. The van der Waals surface area contributed by atoms with E-state index in [2.05, 4.69) is 156 Å². The van der Waals surface area contributed by atoms with Crippen molar-refractivity contribution < 1.29 is 0 Å². The largest absolute Gasteiger partial charge is 0.309 e. The molecular weight excluding hydrogens is 501 g/mol. The summed E-state index contributed by atoms with van der Waals surface area (Å²) in [6.07, 6.45) is 0. The molecule has 7 rings (SSSR count). The minimum atomic E-state index is -2.67. The monoisotopic (exact) mass is 526 g/mol. The fourth-order valence-corrected chi connectivity index (χ4v) is 11.0. The molecule has 0 bridgehead atoms. The molecule has 0 N–H and O–H groups in total. The van der Waals surface area contributed by atoms with Crippen molar-refractivity contribution in [2.24, 2.45) is 0 Å². The predicted octanol–water partition coefficient (Wildman–Crippen LogP) is 6.03. The Morgan fingerprint density at radius 1 is 0.425 bits per heavy atom. The van der Waals surface area contributed by atoms with Gasteiger partial charge in [0, 0.05) is 16.5 Å². The van der Waals surface area contributed by atoms with Gasteiger partial charge in [0.05, 0.1) is 22.7 Å². The number of hydrogen-bond donors (Lipinski definition) is 0. The normalized spacial score (nSPS) is 11.5. The Labute approximate surface area is 235 Å². The Morgan fingerprint density at radius 2 is 0.825 bits per heavy atom. The van der Waals surface area contributed by atoms with Crippen LogP contribution in [0.4, 0.5) is 0 Å². The lowest BCUT2D eigenvalue weighted by atomic mass is 10.2. The van der Waals surface area contributed by atoms with Gasteiger partial charge in [-0.2, -0.15) is 5.26 Å². The first-order valence-electron chi connectivity index (χ1n) is 13.5. The van der Waals surface area contributed by atoms with E-state index in [1.165, 1.54) is 42.6 Å². The van der Waals surface area contributed by atoms with Crippen LogP contribution in [0.1, 0.15) is 5.56 Å². The van der Waals surface area contributed by atoms with E-state index in [-0.39, 0.29) is 0 Å². The standard InChI is InChI=1S/C37H26N2Si/c38-27-28-19-23-32(24-20-28)40(30-11-3-1-4-12-30,31-13-5-2-6-14-31)33-25-21-29(22-26-33)39-36-17-9-7-15-34(36)35-16-8-10-18-37(35)39/h1-26H. The summed E-state index contributed by atoms with van der Waals surface area (Å²) in [5.74, 6) is 0. The smallest absolute Gasteiger partial charge is 0.179 e. The fourth-order valence-electron chi connectivity index (χ4n) is 6.23. The maximum absolute atomic E-state index is 9.51. The third kappa shape index (κ3) is 3.70. The maximum Gasteiger partial charge on any atom is 0.179 e. The minimum Gasteiger partial charge on any atom is -0.309 e. The third-order valence-corrected chi connectivity index (χ3v) is 12.8. The van der Waals surface area contributed by atoms with Crippen LogP contribution in [0.5, 0.6) is 0 Å². The molecule has 0 radical (unpaired) electrons. The van der Waals surface area contributed by atoms with Gasteiger partial charge in [0.2, 0.25) is 0 Å². The zero-order valence-electron chi connectivity index (χ0n) is 21.9. The van der Waals surface area contributed by atoms with Crippen molar-refractivity contribution in [3.63, 3.8) is 0 Å². The van der Waals surface area contributed by atoms with Gasteiger partial charge in [0.15, 0.2) is 8.07 Å². The van der Waals surface area contributed by atoms with E-state index in [0.29, 0.717) is 5.56 Å². The molecule has 0 amide bonds. The predicted molar refractivity (Wildman–Crippen MR) is 169 cm³/mol. The number of para-hydroxylation sites is 2. The van der Waals surface area contributed by atoms with Crippen molar-refractivity contribution in [3.05, 3.63) is 163 Å². The van der Waals surface area contributed by atoms with E-state index in [1.54, 1.807) is 0 Å². The number of nitrogens with zero attached hydrogens (tertiary/aromatic N) is 2. The van der Waals surface area contributed by atoms with Gasteiger partial charge >= 0.3 is 0 Å². The maximum atomic E-state index is 9.51. The third-order valence-electron chi connectivity index (χ3n) is 8.00. The molecule has 6 aromatic carbocycles. The number of rotatable bonds is 5. The highest BCUT2D eigenvalue weighted by Gasteiger charge is 2.41. The van der Waals surface area contributed by atoms with E-state index in [4.69, 9.17) is 0 Å². The summed E-state index contributed by atoms with van der Waals surface area (Å²) in [5.41, 5.74) is 4.23. The second-order valence-corrected chi connectivity index (χ2v) is 13.9. The Hall–Kier alpha value is -5.17. The quantitative estimate of drug-likeness (QED) is 0.199. The van der Waals surface area contributed by atoms with Crippen LogP contribution < -0.4 is 20.7 Å². The Morgan fingerprint density at radius 3 is 1.30 bits per heavy atom. The molecule has 0 saturated carbocycles. The molecule has 1 heterocycles. The van der Waals surface area contributed by atoms with E-state index in [0.717, 1.165) is 5.69 Å². The molecule has 0 aliphatic carbocycles. The zero-order valence-corrected chi connectivity index (χ0v) is 22.9. The molecule has 3 heteroatoms. The average Bonchev–Trinajstić information content (AvgIpc) is 3.38. The van der Waals surface area contributed by atoms with Gasteiger partial charge in [-0.05, 0) is 57.1 Å². The lowest BCUT2D eigenvalue weighted by Crippen LogP contribution is -2.74. The number of aromatic nitrogens is 1. The van der Waals surface area contributed by atoms with Crippen molar-refractivity contribution in [2.75, 3.05) is 0 Å². The Balaban J connectivity index is 1.49. The van der Waals surface area contributed by atoms with Crippen LogP contribution in [-0.2, 0) is 0 Å². The molecule has 2 nitrogen and oxygen atoms in total. The van der Waals surface area contributed by atoms with Crippen molar-refractivity contribution in [2.45, 2.75) is 0 Å². The van der Waals surface area contributed by atoms with Crippen LogP contribution in [0.25, 0.3) is 27.5 Å². The lowest BCUT2D eigenvalue weighted by Gasteiger charge is -2.34. The van der Waals surface area contributed by atoms with E-state index >= 15 is 0 Å². The molecular formula is C37H26N2Si. The second-order valence-electron chi connectivity index (χ2n) is 10.1. The molecule has 0 fully saturated rings. The van der Waals surface area contributed by atoms with Crippen molar-refractivity contribution in [1.29, 1.82) is 5.26 Å². The highest BCUT2D eigenvalue weighted by atomic mass is 28.3. The summed E-state index contributed by atoms with van der Waals surface area (Å²) >= 11 is 0. The molecule has 188 valence electrons. The zero-order chi connectivity index (χ0) is 26.9. The van der Waals surface area contributed by atoms with Gasteiger partial charge in [-0.1, -0.05) is 121 Å². The molecule has 0 spiro atoms. The van der Waals surface area contributed by atoms with Crippen LogP contribution in [0, 0.1) is 11.3 Å². The van der Waals surface area contributed by atoms with Crippen LogP contribution in [0.2, 0.25) is 0 Å². The van der Waals surface area contributed by atoms with Gasteiger partial charge < -0.3 is 4.57 Å². The van der Waals surface area contributed by atoms with Gasteiger partial charge in [-0.3, -0.25) is 0 Å². The molecule has 0 aliphatic rings. The SMILES string of the molecule is N#Cc1ccc([Si](c2ccccc2)(c2ccccc2)c2ccc(-n3c4ccccc4c4ccccc43)cc2)cc1. The summed E-state index contributed by atoms with van der Waals surface area (Å²) < 4.78 is 2.37. The molecule has 40 heavy (non-hydrogen) atoms. The first kappa shape index (κ1) is 23.9. The van der Waals surface area contributed by atoms with Gasteiger partial charge in [0.1, 0.15) is 0 Å². The Bertz CT molecular complexity index is 1890. The van der Waals surface area contributed by atoms with E-state index < -0.39 is 8.07 Å². The Kier molecular flexibility index (Phi) is 5.89. The molecule has 1 aromatic heterocycles. The van der Waals surface area contributed by atoms with Gasteiger partial charge in [-0.25, -0.2) is 0 Å². The second kappa shape index (κ2) is 9.85. The summed E-state index contributed by atoms with van der Waals surface area (Å²) in [7, 11) is -2.67. The number of fused-ring (bicyclic) bond motifs is 3.